The van der Waals surface area contributed by atoms with Gasteiger partial charge >= 0.3 is 6.18 Å². The number of rotatable bonds is 1. The van der Waals surface area contributed by atoms with Gasteiger partial charge in [0.15, 0.2) is 11.6 Å². The topological polar surface area (TPSA) is 0 Å². The van der Waals surface area contributed by atoms with E-state index in [2.05, 4.69) is 0 Å². The standard InChI is InChI=1S/C8H4F6/c9-5-1-2-6(10)7(11)4(5)3-8(12,13)14/h1-2H,3H2. The highest BCUT2D eigenvalue weighted by atomic mass is 19.4. The lowest BCUT2D eigenvalue weighted by Crippen LogP contribution is -2.15. The Morgan fingerprint density at radius 1 is 0.929 bits per heavy atom. The second-order valence-electron chi connectivity index (χ2n) is 2.61. The maximum absolute atomic E-state index is 12.7. The predicted molar refractivity (Wildman–Crippen MR) is 36.1 cm³/mol. The van der Waals surface area contributed by atoms with Crippen LogP contribution in [0, 0.1) is 17.5 Å². The third-order valence-electron chi connectivity index (χ3n) is 1.52. The summed E-state index contributed by atoms with van der Waals surface area (Å²) in [4.78, 5) is 0. The van der Waals surface area contributed by atoms with Crippen molar-refractivity contribution in [3.05, 3.63) is 35.1 Å². The molecule has 78 valence electrons. The third kappa shape index (κ3) is 2.40. The molecule has 0 nitrogen and oxygen atoms in total. The van der Waals surface area contributed by atoms with Crippen molar-refractivity contribution in [3.8, 4) is 0 Å². The zero-order valence-corrected chi connectivity index (χ0v) is 6.63. The maximum Gasteiger partial charge on any atom is 0.393 e. The molecule has 0 bridgehead atoms. The molecule has 1 aromatic carbocycles. The minimum atomic E-state index is -4.77. The van der Waals surface area contributed by atoms with E-state index < -0.39 is 35.6 Å². The highest BCUT2D eigenvalue weighted by Gasteiger charge is 2.31. The Morgan fingerprint density at radius 2 is 1.43 bits per heavy atom. The van der Waals surface area contributed by atoms with Crippen LogP contribution in [0.1, 0.15) is 5.56 Å². The Kier molecular flexibility index (Phi) is 2.73. The summed E-state index contributed by atoms with van der Waals surface area (Å²) in [5.74, 6) is -4.69. The molecule has 0 atom stereocenters. The highest BCUT2D eigenvalue weighted by molar-refractivity contribution is 5.21. The molecule has 0 spiro atoms. The highest BCUT2D eigenvalue weighted by Crippen LogP contribution is 2.25. The summed E-state index contributed by atoms with van der Waals surface area (Å²) in [6.45, 7) is 0. The van der Waals surface area contributed by atoms with Crippen molar-refractivity contribution in [2.75, 3.05) is 0 Å². The first-order valence-electron chi connectivity index (χ1n) is 3.50. The summed E-state index contributed by atoms with van der Waals surface area (Å²) in [7, 11) is 0. The van der Waals surface area contributed by atoms with Gasteiger partial charge in [-0.1, -0.05) is 0 Å². The van der Waals surface area contributed by atoms with Crippen molar-refractivity contribution < 1.29 is 26.3 Å². The minimum Gasteiger partial charge on any atom is -0.207 e. The molecule has 0 fully saturated rings. The quantitative estimate of drug-likeness (QED) is 0.497. The molecular formula is C8H4F6. The smallest absolute Gasteiger partial charge is 0.207 e. The van der Waals surface area contributed by atoms with Crippen LogP contribution in [0.2, 0.25) is 0 Å². The summed E-state index contributed by atoms with van der Waals surface area (Å²) in [5, 5.41) is 0. The van der Waals surface area contributed by atoms with E-state index in [9.17, 15) is 26.3 Å². The van der Waals surface area contributed by atoms with Crippen LogP contribution in [0.4, 0.5) is 26.3 Å². The summed E-state index contributed by atoms with van der Waals surface area (Å²) in [6.07, 6.45) is -6.59. The van der Waals surface area contributed by atoms with Crippen LogP contribution in [-0.2, 0) is 6.42 Å². The van der Waals surface area contributed by atoms with Crippen molar-refractivity contribution in [3.63, 3.8) is 0 Å². The van der Waals surface area contributed by atoms with Gasteiger partial charge in [0, 0.05) is 5.56 Å². The number of alkyl halides is 3. The second-order valence-corrected chi connectivity index (χ2v) is 2.61. The molecule has 1 aromatic rings. The van der Waals surface area contributed by atoms with Gasteiger partial charge in [0.1, 0.15) is 5.82 Å². The first kappa shape index (κ1) is 10.9. The van der Waals surface area contributed by atoms with Crippen molar-refractivity contribution in [2.24, 2.45) is 0 Å². The Bertz CT molecular complexity index is 340. The van der Waals surface area contributed by atoms with E-state index in [0.717, 1.165) is 0 Å². The molecule has 0 unspecified atom stereocenters. The zero-order valence-electron chi connectivity index (χ0n) is 6.63. The average Bonchev–Trinajstić information content (AvgIpc) is 2.04. The van der Waals surface area contributed by atoms with E-state index in [1.807, 2.05) is 0 Å². The molecule has 0 aliphatic heterocycles. The molecule has 0 aromatic heterocycles. The van der Waals surface area contributed by atoms with Gasteiger partial charge in [-0.15, -0.1) is 0 Å². The Hall–Kier alpha value is -1.20. The van der Waals surface area contributed by atoms with Crippen LogP contribution in [0.5, 0.6) is 0 Å². The maximum atomic E-state index is 12.7. The number of hydrogen-bond donors (Lipinski definition) is 0. The molecule has 6 heteroatoms. The molecule has 0 saturated heterocycles. The van der Waals surface area contributed by atoms with Gasteiger partial charge in [-0.3, -0.25) is 0 Å². The Labute approximate surface area is 75.2 Å². The van der Waals surface area contributed by atoms with Crippen molar-refractivity contribution >= 4 is 0 Å². The van der Waals surface area contributed by atoms with Gasteiger partial charge in [-0.25, -0.2) is 13.2 Å². The zero-order chi connectivity index (χ0) is 10.9. The number of halogens is 6. The fraction of sp³-hybridized carbons (Fsp3) is 0.250. The van der Waals surface area contributed by atoms with Crippen LogP contribution >= 0.6 is 0 Å². The van der Waals surface area contributed by atoms with Crippen LogP contribution in [0.25, 0.3) is 0 Å². The van der Waals surface area contributed by atoms with Crippen molar-refractivity contribution in [1.29, 1.82) is 0 Å². The SMILES string of the molecule is Fc1ccc(F)c(CC(F)(F)F)c1F. The third-order valence-corrected chi connectivity index (χ3v) is 1.52. The monoisotopic (exact) mass is 214 g/mol. The van der Waals surface area contributed by atoms with E-state index in [4.69, 9.17) is 0 Å². The fourth-order valence-electron chi connectivity index (χ4n) is 0.932. The lowest BCUT2D eigenvalue weighted by atomic mass is 10.1. The minimum absolute atomic E-state index is 0.435. The summed E-state index contributed by atoms with van der Waals surface area (Å²) < 4.78 is 73.1. The first-order valence-corrected chi connectivity index (χ1v) is 3.50. The second kappa shape index (κ2) is 3.51. The Morgan fingerprint density at radius 3 is 1.93 bits per heavy atom. The molecule has 14 heavy (non-hydrogen) atoms. The van der Waals surface area contributed by atoms with E-state index in [1.165, 1.54) is 0 Å². The number of hydrogen-bond acceptors (Lipinski definition) is 0. The fourth-order valence-corrected chi connectivity index (χ4v) is 0.932. The molecule has 0 radical (unpaired) electrons. The van der Waals surface area contributed by atoms with Crippen molar-refractivity contribution in [2.45, 2.75) is 12.6 Å². The normalized spacial score (nSPS) is 11.9. The van der Waals surface area contributed by atoms with Gasteiger partial charge in [0.25, 0.3) is 0 Å². The van der Waals surface area contributed by atoms with Crippen LogP contribution < -0.4 is 0 Å². The molecule has 1 rings (SSSR count). The van der Waals surface area contributed by atoms with Crippen LogP contribution in [0.15, 0.2) is 12.1 Å². The van der Waals surface area contributed by atoms with Gasteiger partial charge in [0.05, 0.1) is 6.42 Å². The summed E-state index contributed by atoms with van der Waals surface area (Å²) in [5.41, 5.74) is -1.29. The molecular weight excluding hydrogens is 210 g/mol. The molecule has 0 N–H and O–H groups in total. The summed E-state index contributed by atoms with van der Waals surface area (Å²) in [6, 6.07) is 0.893. The lowest BCUT2D eigenvalue weighted by Gasteiger charge is -2.08. The largest absolute Gasteiger partial charge is 0.393 e. The van der Waals surface area contributed by atoms with E-state index in [0.29, 0.717) is 12.1 Å². The van der Waals surface area contributed by atoms with E-state index in [-0.39, 0.29) is 0 Å². The van der Waals surface area contributed by atoms with Crippen molar-refractivity contribution in [1.82, 2.24) is 0 Å². The first-order chi connectivity index (χ1) is 6.31. The van der Waals surface area contributed by atoms with E-state index >= 15 is 0 Å². The van der Waals surface area contributed by atoms with Gasteiger partial charge in [-0.05, 0) is 12.1 Å². The molecule has 0 heterocycles. The summed E-state index contributed by atoms with van der Waals surface area (Å²) >= 11 is 0. The van der Waals surface area contributed by atoms with Gasteiger partial charge < -0.3 is 0 Å². The number of benzene rings is 1. The van der Waals surface area contributed by atoms with Crippen LogP contribution in [0.3, 0.4) is 0 Å². The van der Waals surface area contributed by atoms with Gasteiger partial charge in [-0.2, -0.15) is 13.2 Å². The van der Waals surface area contributed by atoms with E-state index in [1.54, 1.807) is 0 Å². The molecule has 0 amide bonds. The van der Waals surface area contributed by atoms with Gasteiger partial charge in [0.2, 0.25) is 0 Å². The predicted octanol–water partition coefficient (Wildman–Crippen LogP) is 3.21. The molecule has 0 aliphatic rings. The molecule has 0 aliphatic carbocycles. The molecule has 0 saturated carbocycles. The lowest BCUT2D eigenvalue weighted by molar-refractivity contribution is -0.128. The Balaban J connectivity index is 3.13. The van der Waals surface area contributed by atoms with Crippen LogP contribution in [-0.4, -0.2) is 6.18 Å². The average molecular weight is 214 g/mol.